The van der Waals surface area contributed by atoms with Crippen molar-refractivity contribution in [3.63, 3.8) is 0 Å². The Kier molecular flexibility index (Phi) is 8.81. The van der Waals surface area contributed by atoms with E-state index in [1.807, 2.05) is 35.7 Å². The maximum absolute atomic E-state index is 13.7. The van der Waals surface area contributed by atoms with Crippen molar-refractivity contribution in [3.05, 3.63) is 81.0 Å². The molecule has 1 atom stereocenters. The summed E-state index contributed by atoms with van der Waals surface area (Å²) in [7, 11) is 4.69. The fourth-order valence-electron chi connectivity index (χ4n) is 4.15. The quantitative estimate of drug-likeness (QED) is 0.365. The zero-order valence-corrected chi connectivity index (χ0v) is 22.4. The Bertz CT molecular complexity index is 1280. The molecule has 0 radical (unpaired) electrons. The molecule has 1 aromatic heterocycles. The van der Waals surface area contributed by atoms with Gasteiger partial charge in [0.1, 0.15) is 6.54 Å². The minimum Gasteiger partial charge on any atom is -0.493 e. The number of carbonyl (C=O) groups is 2. The second-order valence-electron chi connectivity index (χ2n) is 8.30. The van der Waals surface area contributed by atoms with Crippen LogP contribution in [0, 0.1) is 0 Å². The van der Waals surface area contributed by atoms with Gasteiger partial charge >= 0.3 is 0 Å². The molecular formula is C27H28ClN3O5S. The lowest BCUT2D eigenvalue weighted by atomic mass is 10.0. The van der Waals surface area contributed by atoms with Crippen molar-refractivity contribution in [2.45, 2.75) is 12.5 Å². The topological polar surface area (TPSA) is 80.7 Å². The molecule has 2 aromatic carbocycles. The molecule has 0 saturated carbocycles. The van der Waals surface area contributed by atoms with Gasteiger partial charge in [-0.25, -0.2) is 5.01 Å². The van der Waals surface area contributed by atoms with Gasteiger partial charge in [-0.2, -0.15) is 5.10 Å². The van der Waals surface area contributed by atoms with Gasteiger partial charge in [-0.3, -0.25) is 9.59 Å². The van der Waals surface area contributed by atoms with Gasteiger partial charge in [-0.15, -0.1) is 11.3 Å². The third-order valence-electron chi connectivity index (χ3n) is 6.05. The first-order chi connectivity index (χ1) is 18.0. The molecule has 1 aliphatic heterocycles. The van der Waals surface area contributed by atoms with Crippen LogP contribution < -0.4 is 9.47 Å². The van der Waals surface area contributed by atoms with Crippen LogP contribution in [0.2, 0.25) is 5.02 Å². The van der Waals surface area contributed by atoms with E-state index in [4.69, 9.17) is 30.9 Å². The van der Waals surface area contributed by atoms with Crippen LogP contribution >= 0.6 is 22.9 Å². The fourth-order valence-corrected chi connectivity index (χ4v) is 5.08. The summed E-state index contributed by atoms with van der Waals surface area (Å²) in [5.74, 6) is 0.494. The molecule has 0 N–H and O–H groups in total. The molecule has 1 aliphatic rings. The van der Waals surface area contributed by atoms with E-state index >= 15 is 0 Å². The summed E-state index contributed by atoms with van der Waals surface area (Å²) in [6.45, 7) is 0.313. The standard InChI is InChI=1S/C27H28ClN3O5S/c1-34-13-12-30(27(33)19-7-4-5-8-20(19)28)17-26(32)31-22(16-21(29-31)25-9-6-14-37-25)18-10-11-23(35-2)24(15-18)36-3/h4-11,14-15,22H,12-13,16-17H2,1-3H3/t22-/m0/s1. The molecule has 194 valence electrons. The molecule has 10 heteroatoms. The Labute approximate surface area is 225 Å². The molecule has 0 fully saturated rings. The number of hydrogen-bond acceptors (Lipinski definition) is 7. The van der Waals surface area contributed by atoms with E-state index in [1.54, 1.807) is 56.9 Å². The predicted molar refractivity (Wildman–Crippen MR) is 144 cm³/mol. The van der Waals surface area contributed by atoms with Gasteiger partial charge in [0.05, 0.1) is 48.0 Å². The summed E-state index contributed by atoms with van der Waals surface area (Å²) < 4.78 is 16.1. The molecule has 0 aliphatic carbocycles. The molecule has 4 rings (SSSR count). The Morgan fingerprint density at radius 1 is 1.08 bits per heavy atom. The fraction of sp³-hybridized carbons (Fsp3) is 0.296. The molecule has 2 amide bonds. The van der Waals surface area contributed by atoms with Crippen LogP contribution in [0.4, 0.5) is 0 Å². The third kappa shape index (κ3) is 5.95. The monoisotopic (exact) mass is 541 g/mol. The lowest BCUT2D eigenvalue weighted by Crippen LogP contribution is -2.42. The molecule has 2 heterocycles. The lowest BCUT2D eigenvalue weighted by Gasteiger charge is -2.27. The average Bonchev–Trinajstić information content (AvgIpc) is 3.61. The first kappa shape index (κ1) is 26.7. The van der Waals surface area contributed by atoms with Gasteiger partial charge in [0.15, 0.2) is 11.5 Å². The van der Waals surface area contributed by atoms with Crippen LogP contribution in [-0.4, -0.2) is 68.5 Å². The van der Waals surface area contributed by atoms with Crippen LogP contribution in [0.5, 0.6) is 11.5 Å². The van der Waals surface area contributed by atoms with E-state index in [-0.39, 0.29) is 37.6 Å². The number of carbonyl (C=O) groups excluding carboxylic acids is 2. The van der Waals surface area contributed by atoms with Gasteiger partial charge in [0.2, 0.25) is 0 Å². The number of thiophene rings is 1. The van der Waals surface area contributed by atoms with Crippen molar-refractivity contribution in [2.24, 2.45) is 5.10 Å². The number of methoxy groups -OCH3 is 3. The molecule has 0 unspecified atom stereocenters. The average molecular weight is 542 g/mol. The van der Waals surface area contributed by atoms with E-state index in [0.29, 0.717) is 28.5 Å². The molecule has 8 nitrogen and oxygen atoms in total. The van der Waals surface area contributed by atoms with E-state index in [2.05, 4.69) is 0 Å². The van der Waals surface area contributed by atoms with Gasteiger partial charge < -0.3 is 19.1 Å². The highest BCUT2D eigenvalue weighted by molar-refractivity contribution is 7.12. The summed E-state index contributed by atoms with van der Waals surface area (Å²) in [5, 5.41) is 8.48. The molecule has 0 spiro atoms. The first-order valence-electron chi connectivity index (χ1n) is 11.6. The highest BCUT2D eigenvalue weighted by atomic mass is 35.5. The van der Waals surface area contributed by atoms with Gasteiger partial charge in [-0.1, -0.05) is 35.9 Å². The van der Waals surface area contributed by atoms with Crippen LogP contribution in [0.3, 0.4) is 0 Å². The van der Waals surface area contributed by atoms with Gasteiger partial charge in [-0.05, 0) is 41.3 Å². The van der Waals surface area contributed by atoms with E-state index < -0.39 is 0 Å². The Morgan fingerprint density at radius 2 is 1.86 bits per heavy atom. The minimum absolute atomic E-state index is 0.182. The number of nitrogens with zero attached hydrogens (tertiary/aromatic N) is 3. The van der Waals surface area contributed by atoms with Gasteiger partial charge in [0, 0.05) is 20.1 Å². The Balaban J connectivity index is 1.65. The number of benzene rings is 2. The zero-order chi connectivity index (χ0) is 26.4. The number of amides is 2. The smallest absolute Gasteiger partial charge is 0.262 e. The number of halogens is 1. The van der Waals surface area contributed by atoms with E-state index in [1.165, 1.54) is 9.91 Å². The van der Waals surface area contributed by atoms with Crippen LogP contribution in [0.25, 0.3) is 0 Å². The zero-order valence-electron chi connectivity index (χ0n) is 20.8. The maximum atomic E-state index is 13.7. The summed E-state index contributed by atoms with van der Waals surface area (Å²) in [4.78, 5) is 29.5. The number of ether oxygens (including phenoxy) is 3. The molecule has 37 heavy (non-hydrogen) atoms. The van der Waals surface area contributed by atoms with Crippen molar-refractivity contribution in [1.29, 1.82) is 0 Å². The van der Waals surface area contributed by atoms with Crippen LogP contribution in [-0.2, 0) is 9.53 Å². The SMILES string of the molecule is COCCN(CC(=O)N1N=C(c2cccs2)C[C@H]1c1ccc(OC)c(OC)c1)C(=O)c1ccccc1Cl. The second-order valence-corrected chi connectivity index (χ2v) is 9.65. The summed E-state index contributed by atoms with van der Waals surface area (Å²) in [6.07, 6.45) is 0.526. The maximum Gasteiger partial charge on any atom is 0.262 e. The first-order valence-corrected chi connectivity index (χ1v) is 12.9. The highest BCUT2D eigenvalue weighted by Gasteiger charge is 2.35. The minimum atomic E-state index is -0.371. The molecule has 3 aromatic rings. The molecular weight excluding hydrogens is 514 g/mol. The van der Waals surface area contributed by atoms with Gasteiger partial charge in [0.25, 0.3) is 11.8 Å². The van der Waals surface area contributed by atoms with E-state index in [0.717, 1.165) is 16.2 Å². The van der Waals surface area contributed by atoms with Crippen molar-refractivity contribution in [1.82, 2.24) is 9.91 Å². The van der Waals surface area contributed by atoms with Crippen LogP contribution in [0.1, 0.15) is 33.3 Å². The number of hydrazone groups is 1. The lowest BCUT2D eigenvalue weighted by molar-refractivity contribution is -0.133. The van der Waals surface area contributed by atoms with Crippen LogP contribution in [0.15, 0.2) is 65.1 Å². The Hall–Kier alpha value is -3.40. The second kappa shape index (κ2) is 12.2. The summed E-state index contributed by atoms with van der Waals surface area (Å²) >= 11 is 7.84. The summed E-state index contributed by atoms with van der Waals surface area (Å²) in [6, 6.07) is 15.9. The predicted octanol–water partition coefficient (Wildman–Crippen LogP) is 4.89. The van der Waals surface area contributed by atoms with Crippen molar-refractivity contribution < 1.29 is 23.8 Å². The molecule has 0 bridgehead atoms. The highest BCUT2D eigenvalue weighted by Crippen LogP contribution is 2.38. The summed E-state index contributed by atoms with van der Waals surface area (Å²) in [5.41, 5.74) is 1.99. The van der Waals surface area contributed by atoms with Crippen molar-refractivity contribution in [2.75, 3.05) is 41.0 Å². The number of hydrogen-bond donors (Lipinski definition) is 0. The largest absolute Gasteiger partial charge is 0.493 e. The van der Waals surface area contributed by atoms with Crippen molar-refractivity contribution in [3.8, 4) is 11.5 Å². The molecule has 0 saturated heterocycles. The van der Waals surface area contributed by atoms with Crippen molar-refractivity contribution >= 4 is 40.5 Å². The van der Waals surface area contributed by atoms with E-state index in [9.17, 15) is 9.59 Å². The Morgan fingerprint density at radius 3 is 2.54 bits per heavy atom. The number of rotatable bonds is 10. The normalized spacial score (nSPS) is 14.9. The third-order valence-corrected chi connectivity index (χ3v) is 7.30.